The zero-order valence-electron chi connectivity index (χ0n) is 14.2. The molecule has 0 radical (unpaired) electrons. The number of piperidine rings is 1. The second kappa shape index (κ2) is 7.59. The molecule has 2 atom stereocenters. The molecular formula is C18H26N2O3. The highest BCUT2D eigenvalue weighted by Crippen LogP contribution is 2.23. The minimum absolute atomic E-state index is 0.0653. The van der Waals surface area contributed by atoms with E-state index in [9.17, 15) is 14.7 Å². The number of benzene rings is 1. The molecule has 5 nitrogen and oxygen atoms in total. The Hall–Kier alpha value is -1.88. The third-order valence-corrected chi connectivity index (χ3v) is 4.68. The molecule has 2 rings (SSSR count). The average molecular weight is 318 g/mol. The monoisotopic (exact) mass is 318 g/mol. The van der Waals surface area contributed by atoms with Crippen LogP contribution < -0.4 is 0 Å². The number of amides is 2. The Morgan fingerprint density at radius 3 is 2.65 bits per heavy atom. The highest BCUT2D eigenvalue weighted by atomic mass is 16.3. The van der Waals surface area contributed by atoms with E-state index in [0.29, 0.717) is 24.2 Å². The summed E-state index contributed by atoms with van der Waals surface area (Å²) in [7, 11) is 1.75. The van der Waals surface area contributed by atoms with E-state index in [1.165, 1.54) is 0 Å². The predicted molar refractivity (Wildman–Crippen MR) is 89.4 cm³/mol. The van der Waals surface area contributed by atoms with Gasteiger partial charge in [0, 0.05) is 43.9 Å². The molecule has 1 aliphatic heterocycles. The van der Waals surface area contributed by atoms with Gasteiger partial charge in [-0.3, -0.25) is 9.59 Å². The van der Waals surface area contributed by atoms with Crippen molar-refractivity contribution in [1.82, 2.24) is 9.80 Å². The number of hydrogen-bond donors (Lipinski definition) is 1. The topological polar surface area (TPSA) is 60.9 Å². The molecule has 1 N–H and O–H groups in total. The molecule has 1 aromatic rings. The third-order valence-electron chi connectivity index (χ3n) is 4.68. The molecule has 126 valence electrons. The maximum Gasteiger partial charge on any atom is 0.254 e. The number of carbonyl (C=O) groups excluding carboxylic acids is 2. The minimum atomic E-state index is -0.0814. The van der Waals surface area contributed by atoms with E-state index in [4.69, 9.17) is 0 Å². The number of nitrogens with zero attached hydrogens (tertiary/aromatic N) is 2. The van der Waals surface area contributed by atoms with Crippen LogP contribution in [0.25, 0.3) is 0 Å². The summed E-state index contributed by atoms with van der Waals surface area (Å²) in [5.74, 6) is -0.00211. The van der Waals surface area contributed by atoms with Gasteiger partial charge in [-0.15, -0.1) is 0 Å². The Morgan fingerprint density at radius 1 is 1.30 bits per heavy atom. The Morgan fingerprint density at radius 2 is 2.00 bits per heavy atom. The zero-order valence-corrected chi connectivity index (χ0v) is 14.2. The van der Waals surface area contributed by atoms with Gasteiger partial charge in [-0.2, -0.15) is 0 Å². The molecule has 0 spiro atoms. The lowest BCUT2D eigenvalue weighted by Gasteiger charge is -2.37. The lowest BCUT2D eigenvalue weighted by Crippen LogP contribution is -2.46. The summed E-state index contributed by atoms with van der Waals surface area (Å²) in [5.41, 5.74) is 1.06. The van der Waals surface area contributed by atoms with Crippen molar-refractivity contribution >= 4 is 11.8 Å². The van der Waals surface area contributed by atoms with Crippen LogP contribution in [-0.4, -0.2) is 59.5 Å². The van der Waals surface area contributed by atoms with Gasteiger partial charge in [0.15, 0.2) is 0 Å². The standard InChI is InChI=1S/C18H26N2O3/c1-4-19(3)17(22)15-6-5-7-16(10-15)18(23)20-11-14(12-21)9-8-13(20)2/h5-7,10,13-14,21H,4,8-9,11-12H2,1-3H3. The molecule has 2 unspecified atom stereocenters. The number of aliphatic hydroxyl groups is 1. The van der Waals surface area contributed by atoms with Crippen molar-refractivity contribution in [3.63, 3.8) is 0 Å². The summed E-state index contributed by atoms with van der Waals surface area (Å²) in [5, 5.41) is 9.36. The van der Waals surface area contributed by atoms with Crippen molar-refractivity contribution in [3.05, 3.63) is 35.4 Å². The smallest absolute Gasteiger partial charge is 0.254 e. The van der Waals surface area contributed by atoms with Crippen molar-refractivity contribution in [3.8, 4) is 0 Å². The van der Waals surface area contributed by atoms with E-state index >= 15 is 0 Å². The molecule has 5 heteroatoms. The first-order valence-electron chi connectivity index (χ1n) is 8.25. The summed E-state index contributed by atoms with van der Waals surface area (Å²) in [6.45, 7) is 5.25. The molecule has 0 aliphatic carbocycles. The van der Waals surface area contributed by atoms with Crippen molar-refractivity contribution in [2.45, 2.75) is 32.7 Å². The number of aliphatic hydroxyl groups excluding tert-OH is 1. The second-order valence-corrected chi connectivity index (χ2v) is 6.33. The van der Waals surface area contributed by atoms with Gasteiger partial charge < -0.3 is 14.9 Å². The molecule has 0 saturated carbocycles. The van der Waals surface area contributed by atoms with E-state index in [1.807, 2.05) is 18.7 Å². The van der Waals surface area contributed by atoms with E-state index in [2.05, 4.69) is 0 Å². The number of carbonyl (C=O) groups is 2. The fraction of sp³-hybridized carbons (Fsp3) is 0.556. The SMILES string of the molecule is CCN(C)C(=O)c1cccc(C(=O)N2CC(CO)CCC2C)c1. The van der Waals surface area contributed by atoms with Crippen molar-refractivity contribution in [2.24, 2.45) is 5.92 Å². The van der Waals surface area contributed by atoms with Crippen molar-refractivity contribution < 1.29 is 14.7 Å². The lowest BCUT2D eigenvalue weighted by atomic mass is 9.93. The van der Waals surface area contributed by atoms with Gasteiger partial charge in [-0.1, -0.05) is 6.07 Å². The summed E-state index contributed by atoms with van der Waals surface area (Å²) < 4.78 is 0. The Kier molecular flexibility index (Phi) is 5.77. The summed E-state index contributed by atoms with van der Waals surface area (Å²) in [6.07, 6.45) is 1.84. The quantitative estimate of drug-likeness (QED) is 0.924. The zero-order chi connectivity index (χ0) is 17.0. The molecule has 0 bridgehead atoms. The molecule has 1 aliphatic rings. The van der Waals surface area contributed by atoms with Crippen LogP contribution in [0.5, 0.6) is 0 Å². The molecule has 23 heavy (non-hydrogen) atoms. The highest BCUT2D eigenvalue weighted by molar-refractivity contribution is 5.99. The summed E-state index contributed by atoms with van der Waals surface area (Å²) in [6, 6.07) is 7.07. The van der Waals surface area contributed by atoms with Gasteiger partial charge in [-0.25, -0.2) is 0 Å². The van der Waals surface area contributed by atoms with Crippen LogP contribution in [0, 0.1) is 5.92 Å². The fourth-order valence-electron chi connectivity index (χ4n) is 2.93. The third kappa shape index (κ3) is 3.91. The second-order valence-electron chi connectivity index (χ2n) is 6.33. The first kappa shape index (κ1) is 17.5. The van der Waals surface area contributed by atoms with Crippen LogP contribution in [0.3, 0.4) is 0 Å². The fourth-order valence-corrected chi connectivity index (χ4v) is 2.93. The maximum absolute atomic E-state index is 12.8. The highest BCUT2D eigenvalue weighted by Gasteiger charge is 2.29. The van der Waals surface area contributed by atoms with Gasteiger partial charge in [0.2, 0.25) is 0 Å². The molecule has 1 fully saturated rings. The van der Waals surface area contributed by atoms with Gasteiger partial charge in [-0.05, 0) is 50.8 Å². The summed E-state index contributed by atoms with van der Waals surface area (Å²) >= 11 is 0. The van der Waals surface area contributed by atoms with Gasteiger partial charge >= 0.3 is 0 Å². The number of likely N-dealkylation sites (tertiary alicyclic amines) is 1. The van der Waals surface area contributed by atoms with E-state index < -0.39 is 0 Å². The largest absolute Gasteiger partial charge is 0.396 e. The number of rotatable bonds is 4. The van der Waals surface area contributed by atoms with Crippen LogP contribution in [0.2, 0.25) is 0 Å². The Labute approximate surface area is 137 Å². The van der Waals surface area contributed by atoms with Crippen molar-refractivity contribution in [1.29, 1.82) is 0 Å². The van der Waals surface area contributed by atoms with Crippen LogP contribution in [0.4, 0.5) is 0 Å². The normalized spacial score (nSPS) is 21.1. The van der Waals surface area contributed by atoms with Gasteiger partial charge in [0.1, 0.15) is 0 Å². The van der Waals surface area contributed by atoms with Gasteiger partial charge in [0.05, 0.1) is 0 Å². The molecule has 1 heterocycles. The Bertz CT molecular complexity index is 573. The molecule has 0 aromatic heterocycles. The maximum atomic E-state index is 12.8. The van der Waals surface area contributed by atoms with Gasteiger partial charge in [0.25, 0.3) is 11.8 Å². The molecule has 1 saturated heterocycles. The van der Waals surface area contributed by atoms with E-state index in [1.54, 1.807) is 36.2 Å². The minimum Gasteiger partial charge on any atom is -0.396 e. The van der Waals surface area contributed by atoms with Crippen molar-refractivity contribution in [2.75, 3.05) is 26.7 Å². The molecular weight excluding hydrogens is 292 g/mol. The lowest BCUT2D eigenvalue weighted by molar-refractivity contribution is 0.0489. The Balaban J connectivity index is 2.20. The molecule has 2 amide bonds. The van der Waals surface area contributed by atoms with Crippen LogP contribution in [0.1, 0.15) is 47.4 Å². The average Bonchev–Trinajstić information content (AvgIpc) is 2.60. The van der Waals surface area contributed by atoms with Crippen LogP contribution >= 0.6 is 0 Å². The van der Waals surface area contributed by atoms with Crippen LogP contribution in [-0.2, 0) is 0 Å². The summed E-state index contributed by atoms with van der Waals surface area (Å²) in [4.78, 5) is 28.5. The van der Waals surface area contributed by atoms with Crippen LogP contribution in [0.15, 0.2) is 24.3 Å². The first-order chi connectivity index (χ1) is 11.0. The number of hydrogen-bond acceptors (Lipinski definition) is 3. The predicted octanol–water partition coefficient (Wildman–Crippen LogP) is 2.01. The van der Waals surface area contributed by atoms with E-state index in [-0.39, 0.29) is 30.4 Å². The van der Waals surface area contributed by atoms with E-state index in [0.717, 1.165) is 12.8 Å². The molecule has 1 aromatic carbocycles. The first-order valence-corrected chi connectivity index (χ1v) is 8.25.